The average Bonchev–Trinajstić information content (AvgIpc) is 2.64. The first kappa shape index (κ1) is 11.4. The van der Waals surface area contributed by atoms with E-state index in [1.807, 2.05) is 11.4 Å². The topological polar surface area (TPSA) is 30.0 Å². The number of hydrogen-bond acceptors (Lipinski definition) is 3. The van der Waals surface area contributed by atoms with Gasteiger partial charge in [0.15, 0.2) is 5.78 Å². The highest BCUT2D eigenvalue weighted by atomic mass is 79.9. The fourth-order valence-electron chi connectivity index (χ4n) is 1.27. The second kappa shape index (κ2) is 4.84. The summed E-state index contributed by atoms with van der Waals surface area (Å²) < 4.78 is 13.8. The minimum Gasteiger partial charge on any atom is -0.294 e. The molecular weight excluding hydrogens is 293 g/mol. The van der Waals surface area contributed by atoms with Gasteiger partial charge in [-0.2, -0.15) is 0 Å². The molecule has 0 aromatic carbocycles. The minimum atomic E-state index is -0.488. The Morgan fingerprint density at radius 1 is 1.44 bits per heavy atom. The van der Waals surface area contributed by atoms with Gasteiger partial charge in [0.25, 0.3) is 0 Å². The van der Waals surface area contributed by atoms with Crippen molar-refractivity contribution in [3.63, 3.8) is 0 Å². The average molecular weight is 300 g/mol. The van der Waals surface area contributed by atoms with Crippen molar-refractivity contribution in [3.05, 3.63) is 50.6 Å². The zero-order valence-corrected chi connectivity index (χ0v) is 10.5. The van der Waals surface area contributed by atoms with Crippen molar-refractivity contribution in [3.8, 4) is 0 Å². The number of carbonyl (C=O) groups is 1. The quantitative estimate of drug-likeness (QED) is 0.812. The molecule has 2 rings (SSSR count). The van der Waals surface area contributed by atoms with Gasteiger partial charge in [0.2, 0.25) is 0 Å². The van der Waals surface area contributed by atoms with Gasteiger partial charge in [-0.3, -0.25) is 9.78 Å². The monoisotopic (exact) mass is 299 g/mol. The number of rotatable bonds is 3. The van der Waals surface area contributed by atoms with Gasteiger partial charge in [0.1, 0.15) is 5.82 Å². The summed E-state index contributed by atoms with van der Waals surface area (Å²) in [5.41, 5.74) is 0.310. The Morgan fingerprint density at radius 2 is 2.25 bits per heavy atom. The molecule has 16 heavy (non-hydrogen) atoms. The smallest absolute Gasteiger partial charge is 0.169 e. The SMILES string of the molecule is O=C(Cc1cc(Br)cs1)c1cncc(F)c1. The molecule has 0 amide bonds. The van der Waals surface area contributed by atoms with Crippen LogP contribution < -0.4 is 0 Å². The highest BCUT2D eigenvalue weighted by molar-refractivity contribution is 9.10. The van der Waals surface area contributed by atoms with Crippen molar-refractivity contribution in [2.45, 2.75) is 6.42 Å². The summed E-state index contributed by atoms with van der Waals surface area (Å²) >= 11 is 4.81. The molecule has 0 radical (unpaired) electrons. The van der Waals surface area contributed by atoms with E-state index in [2.05, 4.69) is 20.9 Å². The van der Waals surface area contributed by atoms with E-state index >= 15 is 0 Å². The van der Waals surface area contributed by atoms with Crippen LogP contribution in [0.1, 0.15) is 15.2 Å². The zero-order valence-electron chi connectivity index (χ0n) is 8.11. The van der Waals surface area contributed by atoms with Crippen molar-refractivity contribution in [1.29, 1.82) is 0 Å². The minimum absolute atomic E-state index is 0.124. The third-order valence-corrected chi connectivity index (χ3v) is 3.68. The fraction of sp³-hybridized carbons (Fsp3) is 0.0909. The molecule has 0 fully saturated rings. The second-order valence-corrected chi connectivity index (χ2v) is 5.13. The molecule has 2 aromatic heterocycles. The molecule has 0 unspecified atom stereocenters. The molecule has 0 saturated heterocycles. The maximum atomic E-state index is 12.9. The molecule has 0 aliphatic heterocycles. The van der Waals surface area contributed by atoms with E-state index in [1.54, 1.807) is 0 Å². The maximum Gasteiger partial charge on any atom is 0.169 e. The van der Waals surface area contributed by atoms with E-state index in [-0.39, 0.29) is 12.2 Å². The van der Waals surface area contributed by atoms with Crippen LogP contribution in [-0.4, -0.2) is 10.8 Å². The Balaban J connectivity index is 2.14. The van der Waals surface area contributed by atoms with E-state index in [4.69, 9.17) is 0 Å². The summed E-state index contributed by atoms with van der Waals surface area (Å²) in [6, 6.07) is 3.09. The van der Waals surface area contributed by atoms with Crippen molar-refractivity contribution < 1.29 is 9.18 Å². The number of pyridine rings is 1. The Labute approximate surface area is 104 Å². The number of nitrogens with zero attached hydrogens (tertiary/aromatic N) is 1. The lowest BCUT2D eigenvalue weighted by atomic mass is 10.1. The van der Waals surface area contributed by atoms with Crippen LogP contribution in [0.25, 0.3) is 0 Å². The number of aromatic nitrogens is 1. The van der Waals surface area contributed by atoms with Gasteiger partial charge >= 0.3 is 0 Å². The van der Waals surface area contributed by atoms with E-state index in [1.165, 1.54) is 23.6 Å². The predicted octanol–water partition coefficient (Wildman–Crippen LogP) is 3.47. The van der Waals surface area contributed by atoms with Crippen LogP contribution in [0.5, 0.6) is 0 Å². The zero-order chi connectivity index (χ0) is 11.5. The fourth-order valence-corrected chi connectivity index (χ4v) is 2.72. The van der Waals surface area contributed by atoms with Gasteiger partial charge in [-0.15, -0.1) is 11.3 Å². The van der Waals surface area contributed by atoms with Crippen LogP contribution in [0, 0.1) is 5.82 Å². The van der Waals surface area contributed by atoms with Crippen molar-refractivity contribution in [2.75, 3.05) is 0 Å². The van der Waals surface area contributed by atoms with E-state index < -0.39 is 5.82 Å². The van der Waals surface area contributed by atoms with Crippen molar-refractivity contribution in [2.24, 2.45) is 0 Å². The lowest BCUT2D eigenvalue weighted by Crippen LogP contribution is -2.03. The number of hydrogen-bond donors (Lipinski definition) is 0. The van der Waals surface area contributed by atoms with Crippen LogP contribution in [0.4, 0.5) is 4.39 Å². The first-order valence-corrected chi connectivity index (χ1v) is 6.19. The summed E-state index contributed by atoms with van der Waals surface area (Å²) in [6.45, 7) is 0. The van der Waals surface area contributed by atoms with Gasteiger partial charge in [0.05, 0.1) is 6.20 Å². The first-order chi connectivity index (χ1) is 7.65. The van der Waals surface area contributed by atoms with E-state index in [0.29, 0.717) is 5.56 Å². The number of thiophene rings is 1. The van der Waals surface area contributed by atoms with Crippen LogP contribution >= 0.6 is 27.3 Å². The third-order valence-electron chi connectivity index (χ3n) is 1.98. The van der Waals surface area contributed by atoms with Crippen molar-refractivity contribution in [1.82, 2.24) is 4.98 Å². The second-order valence-electron chi connectivity index (χ2n) is 3.22. The maximum absolute atomic E-state index is 12.9. The Kier molecular flexibility index (Phi) is 3.46. The van der Waals surface area contributed by atoms with Gasteiger partial charge in [-0.1, -0.05) is 0 Å². The van der Waals surface area contributed by atoms with Gasteiger partial charge in [-0.05, 0) is 28.1 Å². The summed E-state index contributed by atoms with van der Waals surface area (Å²) in [6.07, 6.45) is 2.74. The highest BCUT2D eigenvalue weighted by Crippen LogP contribution is 2.21. The number of carbonyl (C=O) groups excluding carboxylic acids is 1. The van der Waals surface area contributed by atoms with E-state index in [0.717, 1.165) is 15.5 Å². The van der Waals surface area contributed by atoms with Crippen LogP contribution in [0.2, 0.25) is 0 Å². The normalized spacial score (nSPS) is 10.4. The molecule has 5 heteroatoms. The van der Waals surface area contributed by atoms with Crippen LogP contribution in [0.3, 0.4) is 0 Å². The first-order valence-electron chi connectivity index (χ1n) is 4.52. The molecular formula is C11H7BrFNOS. The molecule has 0 aliphatic carbocycles. The molecule has 2 nitrogen and oxygen atoms in total. The van der Waals surface area contributed by atoms with Crippen LogP contribution in [0.15, 0.2) is 34.4 Å². The Bertz CT molecular complexity index is 526. The number of halogens is 2. The Hall–Kier alpha value is -1.07. The number of ketones is 1. The molecule has 0 N–H and O–H groups in total. The number of Topliss-reactive ketones (excluding diaryl/α,β-unsaturated/α-hetero) is 1. The summed E-state index contributed by atoms with van der Waals surface area (Å²) in [7, 11) is 0. The lowest BCUT2D eigenvalue weighted by Gasteiger charge is -1.98. The van der Waals surface area contributed by atoms with E-state index in [9.17, 15) is 9.18 Å². The largest absolute Gasteiger partial charge is 0.294 e. The molecule has 0 bridgehead atoms. The molecule has 0 atom stereocenters. The van der Waals surface area contributed by atoms with Crippen LogP contribution in [-0.2, 0) is 6.42 Å². The standard InChI is InChI=1S/C11H7BrFNOS/c12-8-2-10(16-6-8)3-11(15)7-1-9(13)5-14-4-7/h1-2,4-6H,3H2. The molecule has 2 aromatic rings. The van der Waals surface area contributed by atoms with Gasteiger partial charge in [-0.25, -0.2) is 4.39 Å². The summed E-state index contributed by atoms with van der Waals surface area (Å²) in [4.78, 5) is 16.4. The molecule has 82 valence electrons. The predicted molar refractivity (Wildman–Crippen MR) is 64.2 cm³/mol. The van der Waals surface area contributed by atoms with Gasteiger partial charge in [0, 0.05) is 32.9 Å². The van der Waals surface area contributed by atoms with Gasteiger partial charge < -0.3 is 0 Å². The molecule has 2 heterocycles. The molecule has 0 saturated carbocycles. The highest BCUT2D eigenvalue weighted by Gasteiger charge is 2.09. The summed E-state index contributed by atoms with van der Waals surface area (Å²) in [5.74, 6) is -0.612. The third kappa shape index (κ3) is 2.74. The summed E-state index contributed by atoms with van der Waals surface area (Å²) in [5, 5.41) is 1.91. The molecule has 0 spiro atoms. The van der Waals surface area contributed by atoms with Crippen molar-refractivity contribution >= 4 is 33.0 Å². The lowest BCUT2D eigenvalue weighted by molar-refractivity contribution is 0.0993. The molecule has 0 aliphatic rings. The Morgan fingerprint density at radius 3 is 2.88 bits per heavy atom.